The van der Waals surface area contributed by atoms with Gasteiger partial charge in [-0.05, 0) is 20.8 Å². The first kappa shape index (κ1) is 13.5. The van der Waals surface area contributed by atoms with Gasteiger partial charge in [0, 0.05) is 26.2 Å². The Morgan fingerprint density at radius 1 is 1.38 bits per heavy atom. The topological polar surface area (TPSA) is 36.3 Å². The summed E-state index contributed by atoms with van der Waals surface area (Å²) in [5, 5.41) is 4.88. The summed E-state index contributed by atoms with van der Waals surface area (Å²) in [5.41, 5.74) is 0.980. The Morgan fingerprint density at radius 3 is 2.44 bits per heavy atom. The number of nitrogens with zero attached hydrogens (tertiary/aromatic N) is 2. The van der Waals surface area contributed by atoms with Crippen molar-refractivity contribution in [3.05, 3.63) is 16.9 Å². The summed E-state index contributed by atoms with van der Waals surface area (Å²) < 4.78 is 12.8. The third-order valence-electron chi connectivity index (χ3n) is 2.32. The molecule has 1 aromatic heterocycles. The molecule has 0 bridgehead atoms. The van der Waals surface area contributed by atoms with Gasteiger partial charge in [-0.15, -0.1) is 0 Å². The molecule has 92 valence electrons. The Labute approximate surface area is 101 Å². The SMILES string of the molecule is CCOC(CCn1ncc(Cl)c1C)OCC. The van der Waals surface area contributed by atoms with E-state index in [9.17, 15) is 0 Å². The van der Waals surface area contributed by atoms with Crippen molar-refractivity contribution in [3.63, 3.8) is 0 Å². The van der Waals surface area contributed by atoms with Gasteiger partial charge in [0.05, 0.1) is 16.9 Å². The molecule has 0 aromatic carbocycles. The van der Waals surface area contributed by atoms with E-state index in [1.54, 1.807) is 6.20 Å². The normalized spacial score (nSPS) is 11.3. The van der Waals surface area contributed by atoms with Gasteiger partial charge in [-0.2, -0.15) is 5.10 Å². The zero-order chi connectivity index (χ0) is 12.0. The molecule has 5 heteroatoms. The Bertz CT molecular complexity index is 309. The molecule has 0 amide bonds. The van der Waals surface area contributed by atoms with Crippen molar-refractivity contribution in [2.75, 3.05) is 13.2 Å². The summed E-state index contributed by atoms with van der Waals surface area (Å²) in [7, 11) is 0. The van der Waals surface area contributed by atoms with Gasteiger partial charge in [0.1, 0.15) is 0 Å². The smallest absolute Gasteiger partial charge is 0.159 e. The highest BCUT2D eigenvalue weighted by atomic mass is 35.5. The second kappa shape index (κ2) is 6.89. The minimum Gasteiger partial charge on any atom is -0.353 e. The quantitative estimate of drug-likeness (QED) is 0.694. The standard InChI is InChI=1S/C11H19ClN2O2/c1-4-15-11(16-5-2)6-7-14-9(3)10(12)8-13-14/h8,11H,4-7H2,1-3H3. The third-order valence-corrected chi connectivity index (χ3v) is 2.70. The highest BCUT2D eigenvalue weighted by Gasteiger charge is 2.10. The van der Waals surface area contributed by atoms with Crippen LogP contribution < -0.4 is 0 Å². The van der Waals surface area contributed by atoms with Crippen LogP contribution in [0, 0.1) is 6.92 Å². The predicted octanol–water partition coefficient (Wildman–Crippen LogP) is 2.63. The van der Waals surface area contributed by atoms with Crippen LogP contribution in [0.15, 0.2) is 6.20 Å². The zero-order valence-electron chi connectivity index (χ0n) is 10.1. The fourth-order valence-electron chi connectivity index (χ4n) is 1.46. The lowest BCUT2D eigenvalue weighted by molar-refractivity contribution is -0.141. The largest absolute Gasteiger partial charge is 0.353 e. The first-order valence-corrected chi connectivity index (χ1v) is 5.97. The Morgan fingerprint density at radius 2 is 2.00 bits per heavy atom. The monoisotopic (exact) mass is 246 g/mol. The Hall–Kier alpha value is -0.580. The maximum absolute atomic E-state index is 5.92. The number of hydrogen-bond donors (Lipinski definition) is 0. The van der Waals surface area contributed by atoms with Gasteiger partial charge in [0.25, 0.3) is 0 Å². The van der Waals surface area contributed by atoms with Crippen LogP contribution in [0.25, 0.3) is 0 Å². The Balaban J connectivity index is 2.45. The summed E-state index contributed by atoms with van der Waals surface area (Å²) in [4.78, 5) is 0. The van der Waals surface area contributed by atoms with Gasteiger partial charge in [-0.25, -0.2) is 0 Å². The molecular formula is C11H19ClN2O2. The first-order valence-electron chi connectivity index (χ1n) is 5.60. The van der Waals surface area contributed by atoms with E-state index in [2.05, 4.69) is 5.10 Å². The fourth-order valence-corrected chi connectivity index (χ4v) is 1.60. The molecule has 4 nitrogen and oxygen atoms in total. The van der Waals surface area contributed by atoms with E-state index in [4.69, 9.17) is 21.1 Å². The average molecular weight is 247 g/mol. The summed E-state index contributed by atoms with van der Waals surface area (Å²) in [6, 6.07) is 0. The molecule has 0 aliphatic rings. The van der Waals surface area contributed by atoms with Crippen molar-refractivity contribution < 1.29 is 9.47 Å². The minimum absolute atomic E-state index is 0.155. The number of halogens is 1. The lowest BCUT2D eigenvalue weighted by Gasteiger charge is -2.17. The van der Waals surface area contributed by atoms with E-state index in [1.165, 1.54) is 0 Å². The molecule has 0 spiro atoms. The molecule has 1 rings (SSSR count). The van der Waals surface area contributed by atoms with Crippen LogP contribution in [-0.4, -0.2) is 29.3 Å². The molecule has 0 fully saturated rings. The summed E-state index contributed by atoms with van der Waals surface area (Å²) in [5.74, 6) is 0. The number of ether oxygens (including phenoxy) is 2. The van der Waals surface area contributed by atoms with Gasteiger partial charge in [-0.3, -0.25) is 4.68 Å². The van der Waals surface area contributed by atoms with Crippen LogP contribution in [0.2, 0.25) is 5.02 Å². The van der Waals surface area contributed by atoms with E-state index in [0.717, 1.165) is 18.7 Å². The average Bonchev–Trinajstić information content (AvgIpc) is 2.58. The predicted molar refractivity (Wildman–Crippen MR) is 63.6 cm³/mol. The van der Waals surface area contributed by atoms with Crippen LogP contribution in [0.4, 0.5) is 0 Å². The van der Waals surface area contributed by atoms with Gasteiger partial charge >= 0.3 is 0 Å². The molecule has 0 atom stereocenters. The van der Waals surface area contributed by atoms with Crippen molar-refractivity contribution in [3.8, 4) is 0 Å². The van der Waals surface area contributed by atoms with E-state index in [1.807, 2.05) is 25.5 Å². The maximum Gasteiger partial charge on any atom is 0.159 e. The number of aromatic nitrogens is 2. The molecule has 1 heterocycles. The molecule has 0 saturated heterocycles. The molecule has 0 radical (unpaired) electrons. The second-order valence-corrected chi connectivity index (χ2v) is 3.84. The highest BCUT2D eigenvalue weighted by Crippen LogP contribution is 2.14. The van der Waals surface area contributed by atoms with E-state index in [0.29, 0.717) is 18.2 Å². The van der Waals surface area contributed by atoms with Crippen molar-refractivity contribution in [2.45, 2.75) is 40.0 Å². The lowest BCUT2D eigenvalue weighted by atomic mass is 10.4. The summed E-state index contributed by atoms with van der Waals surface area (Å²) in [6.07, 6.45) is 2.28. The lowest BCUT2D eigenvalue weighted by Crippen LogP contribution is -2.20. The first-order chi connectivity index (χ1) is 7.69. The number of hydrogen-bond acceptors (Lipinski definition) is 3. The van der Waals surface area contributed by atoms with E-state index < -0.39 is 0 Å². The molecular weight excluding hydrogens is 228 g/mol. The second-order valence-electron chi connectivity index (χ2n) is 3.43. The number of aryl methyl sites for hydroxylation is 1. The molecule has 0 aliphatic heterocycles. The van der Waals surface area contributed by atoms with Crippen LogP contribution in [0.1, 0.15) is 26.0 Å². The van der Waals surface area contributed by atoms with Crippen molar-refractivity contribution in [1.29, 1.82) is 0 Å². The fraction of sp³-hybridized carbons (Fsp3) is 0.727. The van der Waals surface area contributed by atoms with Gasteiger partial charge in [0.2, 0.25) is 0 Å². The van der Waals surface area contributed by atoms with Gasteiger partial charge in [0.15, 0.2) is 6.29 Å². The van der Waals surface area contributed by atoms with Crippen LogP contribution in [0.3, 0.4) is 0 Å². The number of rotatable bonds is 7. The van der Waals surface area contributed by atoms with Crippen LogP contribution in [-0.2, 0) is 16.0 Å². The molecule has 0 saturated carbocycles. The van der Waals surface area contributed by atoms with Crippen molar-refractivity contribution in [2.24, 2.45) is 0 Å². The summed E-state index contributed by atoms with van der Waals surface area (Å²) >= 11 is 5.92. The minimum atomic E-state index is -0.155. The summed E-state index contributed by atoms with van der Waals surface area (Å²) in [6.45, 7) is 7.94. The molecule has 0 unspecified atom stereocenters. The molecule has 0 aliphatic carbocycles. The third kappa shape index (κ3) is 3.77. The van der Waals surface area contributed by atoms with Crippen LogP contribution in [0.5, 0.6) is 0 Å². The van der Waals surface area contributed by atoms with E-state index >= 15 is 0 Å². The molecule has 1 aromatic rings. The van der Waals surface area contributed by atoms with E-state index in [-0.39, 0.29) is 6.29 Å². The molecule has 0 N–H and O–H groups in total. The Kier molecular flexibility index (Phi) is 5.80. The highest BCUT2D eigenvalue weighted by molar-refractivity contribution is 6.31. The van der Waals surface area contributed by atoms with Crippen molar-refractivity contribution >= 4 is 11.6 Å². The zero-order valence-corrected chi connectivity index (χ0v) is 10.8. The maximum atomic E-state index is 5.92. The van der Waals surface area contributed by atoms with Gasteiger partial charge in [-0.1, -0.05) is 11.6 Å². The molecule has 16 heavy (non-hydrogen) atoms. The van der Waals surface area contributed by atoms with Gasteiger partial charge < -0.3 is 9.47 Å². The van der Waals surface area contributed by atoms with Crippen molar-refractivity contribution in [1.82, 2.24) is 9.78 Å². The van der Waals surface area contributed by atoms with Crippen LogP contribution >= 0.6 is 11.6 Å².